The van der Waals surface area contributed by atoms with Crippen LogP contribution in [0.3, 0.4) is 0 Å². The number of hydrogen-bond acceptors (Lipinski definition) is 4. The van der Waals surface area contributed by atoms with Crippen molar-refractivity contribution in [3.05, 3.63) is 29.6 Å². The van der Waals surface area contributed by atoms with Gasteiger partial charge in [-0.3, -0.25) is 4.79 Å². The molecule has 1 saturated heterocycles. The molecule has 7 heteroatoms. The summed E-state index contributed by atoms with van der Waals surface area (Å²) in [7, 11) is -1.74. The van der Waals surface area contributed by atoms with Crippen molar-refractivity contribution in [2.45, 2.75) is 0 Å². The molecule has 1 aromatic carbocycles. The third-order valence-electron chi connectivity index (χ3n) is 2.82. The molecule has 1 fully saturated rings. The van der Waals surface area contributed by atoms with E-state index in [9.17, 15) is 9.18 Å². The van der Waals surface area contributed by atoms with E-state index in [1.165, 1.54) is 17.0 Å². The van der Waals surface area contributed by atoms with Crippen LogP contribution in [0.5, 0.6) is 0 Å². The molecule has 1 amide bonds. The van der Waals surface area contributed by atoms with Crippen LogP contribution in [0.4, 0.5) is 4.39 Å². The van der Waals surface area contributed by atoms with Crippen molar-refractivity contribution >= 4 is 18.5 Å². The molecule has 0 unspecified atom stereocenters. The molecular weight excluding hydrogens is 240 g/mol. The minimum atomic E-state index is -1.74. The second-order valence-electron chi connectivity index (χ2n) is 4.02. The summed E-state index contributed by atoms with van der Waals surface area (Å²) in [6, 6.07) is 3.54. The molecule has 1 aromatic rings. The van der Waals surface area contributed by atoms with Crippen molar-refractivity contribution in [2.24, 2.45) is 0 Å². The van der Waals surface area contributed by atoms with Crippen LogP contribution >= 0.6 is 0 Å². The van der Waals surface area contributed by atoms with Gasteiger partial charge in [-0.05, 0) is 17.6 Å². The first-order valence-electron chi connectivity index (χ1n) is 5.62. The zero-order valence-corrected chi connectivity index (χ0v) is 9.67. The van der Waals surface area contributed by atoms with E-state index in [1.54, 1.807) is 0 Å². The standard InChI is InChI=1S/C11H13BFNO4/c13-10-7-8(12(16)17)1-2-9(10)11(15)14-3-5-18-6-4-14/h1-2,7,16-17H,3-6H2. The van der Waals surface area contributed by atoms with Gasteiger partial charge in [-0.1, -0.05) is 6.07 Å². The summed E-state index contributed by atoms with van der Waals surface area (Å²) in [6.07, 6.45) is 0. The summed E-state index contributed by atoms with van der Waals surface area (Å²) in [6.45, 7) is 1.76. The van der Waals surface area contributed by atoms with E-state index in [0.717, 1.165) is 6.07 Å². The Kier molecular flexibility index (Phi) is 3.95. The Hall–Kier alpha value is -1.44. The molecule has 0 bridgehead atoms. The number of amides is 1. The summed E-state index contributed by atoms with van der Waals surface area (Å²) >= 11 is 0. The number of ether oxygens (including phenoxy) is 1. The van der Waals surface area contributed by atoms with Crippen LogP contribution in [0.25, 0.3) is 0 Å². The summed E-state index contributed by atoms with van der Waals surface area (Å²) in [4.78, 5) is 13.5. The highest BCUT2D eigenvalue weighted by atomic mass is 19.1. The van der Waals surface area contributed by atoms with E-state index >= 15 is 0 Å². The molecule has 0 aliphatic carbocycles. The smallest absolute Gasteiger partial charge is 0.423 e. The number of morpholine rings is 1. The van der Waals surface area contributed by atoms with Gasteiger partial charge in [0.2, 0.25) is 0 Å². The van der Waals surface area contributed by atoms with Crippen molar-refractivity contribution in [1.29, 1.82) is 0 Å². The van der Waals surface area contributed by atoms with E-state index in [1.807, 2.05) is 0 Å². The Balaban J connectivity index is 2.19. The minimum Gasteiger partial charge on any atom is -0.423 e. The van der Waals surface area contributed by atoms with E-state index in [2.05, 4.69) is 0 Å². The van der Waals surface area contributed by atoms with Gasteiger partial charge >= 0.3 is 7.12 Å². The molecule has 1 aliphatic heterocycles. The Bertz CT molecular complexity index is 449. The van der Waals surface area contributed by atoms with Crippen LogP contribution in [0.15, 0.2) is 18.2 Å². The maximum absolute atomic E-state index is 13.7. The SMILES string of the molecule is O=C(c1ccc(B(O)O)cc1F)N1CCOCC1. The predicted octanol–water partition coefficient (Wildman–Crippen LogP) is -1.02. The first kappa shape index (κ1) is 13.0. The lowest BCUT2D eigenvalue weighted by Gasteiger charge is -2.27. The van der Waals surface area contributed by atoms with Crippen LogP contribution in [-0.4, -0.2) is 54.3 Å². The van der Waals surface area contributed by atoms with Crippen LogP contribution in [0.1, 0.15) is 10.4 Å². The van der Waals surface area contributed by atoms with Crippen molar-refractivity contribution in [2.75, 3.05) is 26.3 Å². The lowest BCUT2D eigenvalue weighted by atomic mass is 9.80. The number of nitrogens with zero attached hydrogens (tertiary/aromatic N) is 1. The van der Waals surface area contributed by atoms with Gasteiger partial charge in [0.25, 0.3) is 5.91 Å². The maximum Gasteiger partial charge on any atom is 0.488 e. The minimum absolute atomic E-state index is 0.0195. The molecule has 1 aliphatic rings. The van der Waals surface area contributed by atoms with E-state index in [-0.39, 0.29) is 11.0 Å². The summed E-state index contributed by atoms with van der Waals surface area (Å²) in [5, 5.41) is 17.8. The summed E-state index contributed by atoms with van der Waals surface area (Å²) < 4.78 is 18.8. The molecule has 2 N–H and O–H groups in total. The topological polar surface area (TPSA) is 70.0 Å². The Morgan fingerprint density at radius 1 is 1.33 bits per heavy atom. The average molecular weight is 253 g/mol. The maximum atomic E-state index is 13.7. The van der Waals surface area contributed by atoms with Gasteiger partial charge in [-0.25, -0.2) is 4.39 Å². The molecule has 0 spiro atoms. The van der Waals surface area contributed by atoms with Gasteiger partial charge in [0.15, 0.2) is 0 Å². The Morgan fingerprint density at radius 2 is 2.00 bits per heavy atom. The van der Waals surface area contributed by atoms with Gasteiger partial charge in [-0.2, -0.15) is 0 Å². The summed E-state index contributed by atoms with van der Waals surface area (Å²) in [5.74, 6) is -1.16. The normalized spacial score (nSPS) is 15.6. The van der Waals surface area contributed by atoms with Gasteiger partial charge < -0.3 is 19.7 Å². The van der Waals surface area contributed by atoms with Crippen molar-refractivity contribution in [3.8, 4) is 0 Å². The molecular formula is C11H13BFNO4. The first-order chi connectivity index (χ1) is 8.59. The third-order valence-corrected chi connectivity index (χ3v) is 2.82. The Morgan fingerprint density at radius 3 is 2.56 bits per heavy atom. The highest BCUT2D eigenvalue weighted by molar-refractivity contribution is 6.58. The molecule has 0 saturated carbocycles. The fraction of sp³-hybridized carbons (Fsp3) is 0.364. The van der Waals surface area contributed by atoms with E-state index in [0.29, 0.717) is 26.3 Å². The van der Waals surface area contributed by atoms with Crippen LogP contribution < -0.4 is 5.46 Å². The number of carbonyl (C=O) groups excluding carboxylic acids is 1. The molecule has 0 atom stereocenters. The molecule has 0 radical (unpaired) electrons. The molecule has 2 rings (SSSR count). The largest absolute Gasteiger partial charge is 0.488 e. The van der Waals surface area contributed by atoms with Crippen molar-refractivity contribution in [1.82, 2.24) is 4.90 Å². The Labute approximate surface area is 104 Å². The number of benzene rings is 1. The zero-order valence-electron chi connectivity index (χ0n) is 9.67. The van der Waals surface area contributed by atoms with Gasteiger partial charge in [0, 0.05) is 13.1 Å². The van der Waals surface area contributed by atoms with Gasteiger partial charge in [0.05, 0.1) is 18.8 Å². The number of halogens is 1. The summed E-state index contributed by atoms with van der Waals surface area (Å²) in [5.41, 5.74) is -0.0488. The molecule has 1 heterocycles. The molecule has 0 aromatic heterocycles. The number of hydrogen-bond donors (Lipinski definition) is 2. The fourth-order valence-electron chi connectivity index (χ4n) is 1.80. The lowest BCUT2D eigenvalue weighted by Crippen LogP contribution is -2.41. The first-order valence-corrected chi connectivity index (χ1v) is 5.62. The van der Waals surface area contributed by atoms with Crippen molar-refractivity contribution in [3.63, 3.8) is 0 Å². The molecule has 5 nitrogen and oxygen atoms in total. The molecule has 96 valence electrons. The predicted molar refractivity (Wildman–Crippen MR) is 62.9 cm³/mol. The molecule has 18 heavy (non-hydrogen) atoms. The quantitative estimate of drug-likeness (QED) is 0.662. The van der Waals surface area contributed by atoms with Crippen LogP contribution in [0.2, 0.25) is 0 Å². The number of carbonyl (C=O) groups is 1. The highest BCUT2D eigenvalue weighted by Gasteiger charge is 2.22. The lowest BCUT2D eigenvalue weighted by molar-refractivity contribution is 0.0300. The third kappa shape index (κ3) is 2.69. The van der Waals surface area contributed by atoms with Crippen LogP contribution in [-0.2, 0) is 4.74 Å². The number of rotatable bonds is 2. The second kappa shape index (κ2) is 5.47. The fourth-order valence-corrected chi connectivity index (χ4v) is 1.80. The monoisotopic (exact) mass is 253 g/mol. The van der Waals surface area contributed by atoms with Gasteiger partial charge in [0.1, 0.15) is 5.82 Å². The zero-order chi connectivity index (χ0) is 13.1. The van der Waals surface area contributed by atoms with E-state index < -0.39 is 18.8 Å². The average Bonchev–Trinajstić information content (AvgIpc) is 2.38. The van der Waals surface area contributed by atoms with Crippen molar-refractivity contribution < 1.29 is 24.0 Å². The highest BCUT2D eigenvalue weighted by Crippen LogP contribution is 2.10. The second-order valence-corrected chi connectivity index (χ2v) is 4.02. The van der Waals surface area contributed by atoms with Crippen LogP contribution in [0, 0.1) is 5.82 Å². The van der Waals surface area contributed by atoms with Gasteiger partial charge in [-0.15, -0.1) is 0 Å². The van der Waals surface area contributed by atoms with E-state index in [4.69, 9.17) is 14.8 Å².